The van der Waals surface area contributed by atoms with Crippen molar-refractivity contribution in [1.82, 2.24) is 9.80 Å². The lowest BCUT2D eigenvalue weighted by molar-refractivity contribution is -0.154. The molecule has 2 amide bonds. The molecule has 4 nitrogen and oxygen atoms in total. The minimum absolute atomic E-state index is 0.0728. The van der Waals surface area contributed by atoms with Crippen LogP contribution < -0.4 is 0 Å². The molecule has 3 fully saturated rings. The second-order valence-electron chi connectivity index (χ2n) is 5.82. The van der Waals surface area contributed by atoms with Crippen molar-refractivity contribution >= 4 is 34.4 Å². The first-order chi connectivity index (χ1) is 9.77. The summed E-state index contributed by atoms with van der Waals surface area (Å²) in [6.07, 6.45) is 7.68. The van der Waals surface area contributed by atoms with E-state index in [0.717, 1.165) is 38.8 Å². The molecule has 3 heterocycles. The maximum absolute atomic E-state index is 12.1. The van der Waals surface area contributed by atoms with Crippen LogP contribution in [0.25, 0.3) is 0 Å². The maximum atomic E-state index is 12.1. The second-order valence-corrected chi connectivity index (χ2v) is 5.82. The molecule has 5 heteroatoms. The highest BCUT2D eigenvalue weighted by Crippen LogP contribution is 2.31. The number of carbonyl (C=O) groups excluding carboxylic acids is 2. The Labute approximate surface area is 135 Å². The largest absolute Gasteiger partial charge is 0.298 e. The average molecular weight is 392 g/mol. The number of amides is 2. The zero-order valence-electron chi connectivity index (χ0n) is 12.3. The van der Waals surface area contributed by atoms with Gasteiger partial charge < -0.3 is 0 Å². The molecular weight excluding hydrogens is 367 g/mol. The summed E-state index contributed by atoms with van der Waals surface area (Å²) in [6, 6.07) is 0.609. The number of nitrogens with zero attached hydrogens (tertiary/aromatic N) is 2. The molecule has 2 atom stereocenters. The predicted molar refractivity (Wildman–Crippen MR) is 87.9 cm³/mol. The van der Waals surface area contributed by atoms with E-state index >= 15 is 0 Å². The number of imide groups is 1. The molecule has 3 aliphatic heterocycles. The lowest BCUT2D eigenvalue weighted by Crippen LogP contribution is -2.60. The quantitative estimate of drug-likeness (QED) is 0.391. The van der Waals surface area contributed by atoms with Crippen molar-refractivity contribution in [2.45, 2.75) is 63.5 Å². The molecule has 0 aromatic rings. The topological polar surface area (TPSA) is 40.6 Å². The molecule has 0 spiro atoms. The second kappa shape index (κ2) is 7.73. The van der Waals surface area contributed by atoms with Crippen LogP contribution in [0.1, 0.15) is 51.4 Å². The van der Waals surface area contributed by atoms with Gasteiger partial charge in [-0.05, 0) is 50.1 Å². The molecule has 3 saturated heterocycles. The van der Waals surface area contributed by atoms with Crippen molar-refractivity contribution in [2.75, 3.05) is 18.0 Å². The predicted octanol–water partition coefficient (Wildman–Crippen LogP) is 2.59. The number of hydrogen-bond donors (Lipinski definition) is 0. The van der Waals surface area contributed by atoms with Crippen LogP contribution in [0.3, 0.4) is 0 Å². The normalized spacial score (nSPS) is 31.4. The smallest absolute Gasteiger partial charge is 0.229 e. The minimum Gasteiger partial charge on any atom is -0.298 e. The molecular formula is C15H25IN2O2. The third-order valence-electron chi connectivity index (χ3n) is 4.70. The van der Waals surface area contributed by atoms with E-state index in [1.807, 2.05) is 4.93 Å². The molecule has 3 aliphatic rings. The lowest BCUT2D eigenvalue weighted by Gasteiger charge is -2.48. The number of halogens is 1. The van der Waals surface area contributed by atoms with Gasteiger partial charge in [0.2, 0.25) is 11.8 Å². The minimum atomic E-state index is 0.0728. The van der Waals surface area contributed by atoms with Crippen LogP contribution in [-0.2, 0) is 9.59 Å². The molecule has 20 heavy (non-hydrogen) atoms. The number of likely N-dealkylation sites (tertiary alicyclic amines) is 1. The van der Waals surface area contributed by atoms with E-state index in [-0.39, 0.29) is 17.9 Å². The molecule has 0 N–H and O–H groups in total. The summed E-state index contributed by atoms with van der Waals surface area (Å²) in [7, 11) is 0. The SMILES string of the molecule is CI.O=C1CCCC(=O)N1C1CCCN2CCCCC12. The van der Waals surface area contributed by atoms with Crippen LogP contribution in [-0.4, -0.2) is 51.7 Å². The highest BCUT2D eigenvalue weighted by Gasteiger charge is 2.41. The van der Waals surface area contributed by atoms with Gasteiger partial charge in [-0.25, -0.2) is 0 Å². The number of rotatable bonds is 1. The fourth-order valence-corrected chi connectivity index (χ4v) is 3.87. The monoisotopic (exact) mass is 392 g/mol. The van der Waals surface area contributed by atoms with Gasteiger partial charge >= 0.3 is 0 Å². The number of piperidine rings is 3. The van der Waals surface area contributed by atoms with Gasteiger partial charge in [0.05, 0.1) is 6.04 Å². The van der Waals surface area contributed by atoms with Gasteiger partial charge in [-0.1, -0.05) is 29.0 Å². The Morgan fingerprint density at radius 2 is 1.45 bits per heavy atom. The van der Waals surface area contributed by atoms with Crippen LogP contribution in [0.2, 0.25) is 0 Å². The molecule has 0 aliphatic carbocycles. The van der Waals surface area contributed by atoms with Crippen LogP contribution in [0.4, 0.5) is 0 Å². The Kier molecular flexibility index (Phi) is 6.26. The van der Waals surface area contributed by atoms with Crippen molar-refractivity contribution in [2.24, 2.45) is 0 Å². The molecule has 3 rings (SSSR count). The van der Waals surface area contributed by atoms with Crippen molar-refractivity contribution in [1.29, 1.82) is 0 Å². The Morgan fingerprint density at radius 1 is 0.850 bits per heavy atom. The van der Waals surface area contributed by atoms with Crippen LogP contribution >= 0.6 is 22.6 Å². The Morgan fingerprint density at radius 3 is 2.15 bits per heavy atom. The van der Waals surface area contributed by atoms with Gasteiger partial charge in [0.25, 0.3) is 0 Å². The van der Waals surface area contributed by atoms with E-state index in [1.54, 1.807) is 4.90 Å². The molecule has 0 bridgehead atoms. The Balaban J connectivity index is 0.000000704. The number of fused-ring (bicyclic) bond motifs is 1. The van der Waals surface area contributed by atoms with Gasteiger partial charge in [-0.3, -0.25) is 19.4 Å². The number of hydrogen-bond acceptors (Lipinski definition) is 3. The van der Waals surface area contributed by atoms with Crippen molar-refractivity contribution in [3.05, 3.63) is 0 Å². The lowest BCUT2D eigenvalue weighted by atomic mass is 9.86. The van der Waals surface area contributed by atoms with Crippen molar-refractivity contribution in [3.8, 4) is 0 Å². The third-order valence-corrected chi connectivity index (χ3v) is 4.70. The summed E-state index contributed by atoms with van der Waals surface area (Å²) in [5, 5.41) is 0. The van der Waals surface area contributed by atoms with Crippen LogP contribution in [0, 0.1) is 0 Å². The zero-order valence-corrected chi connectivity index (χ0v) is 14.5. The molecule has 0 aromatic carbocycles. The van der Waals surface area contributed by atoms with E-state index in [0.29, 0.717) is 18.9 Å². The van der Waals surface area contributed by atoms with E-state index in [9.17, 15) is 9.59 Å². The van der Waals surface area contributed by atoms with Crippen molar-refractivity contribution < 1.29 is 9.59 Å². The third kappa shape index (κ3) is 3.35. The highest BCUT2D eigenvalue weighted by atomic mass is 127. The van der Waals surface area contributed by atoms with E-state index in [2.05, 4.69) is 27.5 Å². The van der Waals surface area contributed by atoms with E-state index < -0.39 is 0 Å². The van der Waals surface area contributed by atoms with Gasteiger partial charge in [-0.2, -0.15) is 0 Å². The molecule has 0 saturated carbocycles. The summed E-state index contributed by atoms with van der Waals surface area (Å²) in [5.41, 5.74) is 0. The summed E-state index contributed by atoms with van der Waals surface area (Å²) < 4.78 is 0. The average Bonchev–Trinajstić information content (AvgIpc) is 2.49. The van der Waals surface area contributed by atoms with Crippen LogP contribution in [0.5, 0.6) is 0 Å². The fraction of sp³-hybridized carbons (Fsp3) is 0.867. The number of alkyl halides is 1. The number of carbonyl (C=O) groups is 2. The molecule has 2 unspecified atom stereocenters. The van der Waals surface area contributed by atoms with Gasteiger partial charge in [0.15, 0.2) is 0 Å². The first-order valence-corrected chi connectivity index (χ1v) is 9.90. The summed E-state index contributed by atoms with van der Waals surface area (Å²) >= 11 is 2.15. The maximum Gasteiger partial charge on any atom is 0.229 e. The Hall–Kier alpha value is -0.170. The zero-order chi connectivity index (χ0) is 14.5. The van der Waals surface area contributed by atoms with Gasteiger partial charge in [0.1, 0.15) is 0 Å². The van der Waals surface area contributed by atoms with Crippen LogP contribution in [0.15, 0.2) is 0 Å². The van der Waals surface area contributed by atoms with Crippen molar-refractivity contribution in [3.63, 3.8) is 0 Å². The summed E-state index contributed by atoms with van der Waals surface area (Å²) in [6.45, 7) is 2.30. The molecule has 114 valence electrons. The standard InChI is InChI=1S/C14H22N2O2.CH3I/c17-13-7-3-8-14(18)16(13)12-6-4-10-15-9-2-1-5-11(12)15;1-2/h11-12H,1-10H2;1H3. The Bertz CT molecular complexity index is 344. The van der Waals surface area contributed by atoms with E-state index in [4.69, 9.17) is 0 Å². The van der Waals surface area contributed by atoms with Gasteiger partial charge in [0, 0.05) is 18.9 Å². The summed E-state index contributed by atoms with van der Waals surface area (Å²) in [5.74, 6) is 0.146. The molecule has 0 radical (unpaired) electrons. The van der Waals surface area contributed by atoms with Gasteiger partial charge in [-0.15, -0.1) is 0 Å². The highest BCUT2D eigenvalue weighted by molar-refractivity contribution is 14.1. The van der Waals surface area contributed by atoms with E-state index in [1.165, 1.54) is 12.8 Å². The first-order valence-electron chi connectivity index (χ1n) is 7.74. The fourth-order valence-electron chi connectivity index (χ4n) is 3.87. The first kappa shape index (κ1) is 16.2. The summed E-state index contributed by atoms with van der Waals surface area (Å²) in [4.78, 5) is 30.2. The molecule has 0 aromatic heterocycles.